The maximum atomic E-state index is 13.2. The van der Waals surface area contributed by atoms with Crippen LogP contribution in [-0.2, 0) is 19.6 Å². The molecule has 0 bridgehead atoms. The Kier molecular flexibility index (Phi) is 7.12. The van der Waals surface area contributed by atoms with Gasteiger partial charge in [-0.2, -0.15) is 0 Å². The predicted molar refractivity (Wildman–Crippen MR) is 103 cm³/mol. The molecule has 6 nitrogen and oxygen atoms in total. The molecule has 2 rings (SSSR count). The van der Waals surface area contributed by atoms with Crippen molar-refractivity contribution in [3.63, 3.8) is 0 Å². The fourth-order valence-electron chi connectivity index (χ4n) is 2.62. The Morgan fingerprint density at radius 1 is 1.11 bits per heavy atom. The highest BCUT2D eigenvalue weighted by molar-refractivity contribution is 7.92. The summed E-state index contributed by atoms with van der Waals surface area (Å²) in [5, 5.41) is 0. The van der Waals surface area contributed by atoms with Gasteiger partial charge in [0.1, 0.15) is 0 Å². The van der Waals surface area contributed by atoms with E-state index >= 15 is 0 Å². The van der Waals surface area contributed by atoms with Crippen LogP contribution in [0.15, 0.2) is 53.4 Å². The van der Waals surface area contributed by atoms with Gasteiger partial charge in [-0.1, -0.05) is 29.8 Å². The van der Waals surface area contributed by atoms with Gasteiger partial charge in [-0.3, -0.25) is 13.9 Å². The van der Waals surface area contributed by atoms with Crippen molar-refractivity contribution in [1.29, 1.82) is 0 Å². The van der Waals surface area contributed by atoms with Crippen LogP contribution in [0.3, 0.4) is 0 Å². The van der Waals surface area contributed by atoms with Gasteiger partial charge in [0, 0.05) is 18.5 Å². The summed E-state index contributed by atoms with van der Waals surface area (Å²) in [6.45, 7) is 3.92. The molecule has 0 aliphatic carbocycles. The highest BCUT2D eigenvalue weighted by atomic mass is 32.2. The number of nitrogens with zero attached hydrogens (tertiary/aromatic N) is 1. The number of benzene rings is 2. The molecule has 0 radical (unpaired) electrons. The summed E-state index contributed by atoms with van der Waals surface area (Å²) in [7, 11) is -3.89. The molecule has 0 saturated carbocycles. The Morgan fingerprint density at radius 2 is 1.78 bits per heavy atom. The molecule has 0 unspecified atom stereocenters. The minimum absolute atomic E-state index is 0.0554. The van der Waals surface area contributed by atoms with Gasteiger partial charge >= 0.3 is 5.97 Å². The highest BCUT2D eigenvalue weighted by Gasteiger charge is 2.26. The molecule has 0 spiro atoms. The molecular formula is C20H23NO5S. The van der Waals surface area contributed by atoms with Gasteiger partial charge in [0.25, 0.3) is 10.0 Å². The molecule has 0 aliphatic heterocycles. The van der Waals surface area contributed by atoms with Crippen molar-refractivity contribution in [2.45, 2.75) is 31.6 Å². The molecule has 0 N–H and O–H groups in total. The fourth-order valence-corrected chi connectivity index (χ4v) is 4.15. The summed E-state index contributed by atoms with van der Waals surface area (Å²) in [6.07, 6.45) is 0.993. The lowest BCUT2D eigenvalue weighted by Crippen LogP contribution is -2.33. The molecule has 0 aromatic heterocycles. The largest absolute Gasteiger partial charge is 0.466 e. The number of carbonyl (C=O) groups is 2. The summed E-state index contributed by atoms with van der Waals surface area (Å²) >= 11 is 0. The third kappa shape index (κ3) is 5.17. The van der Waals surface area contributed by atoms with Crippen LogP contribution in [0, 0.1) is 6.92 Å². The Balaban J connectivity index is 2.38. The minimum Gasteiger partial charge on any atom is -0.466 e. The van der Waals surface area contributed by atoms with Gasteiger partial charge in [0.2, 0.25) is 0 Å². The van der Waals surface area contributed by atoms with E-state index in [9.17, 15) is 18.0 Å². The normalized spacial score (nSPS) is 11.0. The molecular weight excluding hydrogens is 366 g/mol. The third-order valence-corrected chi connectivity index (χ3v) is 5.82. The summed E-state index contributed by atoms with van der Waals surface area (Å²) in [5.41, 5.74) is 1.50. The number of esters is 1. The number of rotatable bonds is 9. The minimum atomic E-state index is -3.89. The summed E-state index contributed by atoms with van der Waals surface area (Å²) in [5.74, 6) is -0.381. The number of sulfonamides is 1. The van der Waals surface area contributed by atoms with Gasteiger partial charge in [0.05, 0.1) is 17.2 Å². The molecule has 2 aromatic rings. The van der Waals surface area contributed by atoms with Crippen molar-refractivity contribution in [2.75, 3.05) is 17.5 Å². The van der Waals surface area contributed by atoms with Crippen LogP contribution in [0.5, 0.6) is 0 Å². The second kappa shape index (κ2) is 9.32. The molecule has 27 heavy (non-hydrogen) atoms. The predicted octanol–water partition coefficient (Wildman–Crippen LogP) is 3.35. The first-order chi connectivity index (χ1) is 12.9. The second-order valence-electron chi connectivity index (χ2n) is 5.98. The quantitative estimate of drug-likeness (QED) is 0.485. The van der Waals surface area contributed by atoms with Crippen LogP contribution in [0.2, 0.25) is 0 Å². The number of para-hydroxylation sites is 1. The number of ether oxygens (including phenoxy) is 1. The summed E-state index contributed by atoms with van der Waals surface area (Å²) in [6, 6.07) is 13.0. The van der Waals surface area contributed by atoms with Gasteiger partial charge in [-0.05, 0) is 44.5 Å². The molecule has 0 heterocycles. The lowest BCUT2D eigenvalue weighted by atomic mass is 10.2. The van der Waals surface area contributed by atoms with Crippen LogP contribution < -0.4 is 4.31 Å². The third-order valence-electron chi connectivity index (χ3n) is 3.99. The van der Waals surface area contributed by atoms with Crippen LogP contribution in [0.1, 0.15) is 35.7 Å². The topological polar surface area (TPSA) is 80.8 Å². The Bertz CT molecular complexity index is 891. The van der Waals surface area contributed by atoms with Crippen LogP contribution in [-0.4, -0.2) is 33.8 Å². The molecule has 0 fully saturated rings. The molecule has 0 saturated heterocycles. The van der Waals surface area contributed by atoms with Gasteiger partial charge < -0.3 is 4.74 Å². The van der Waals surface area contributed by atoms with Crippen LogP contribution in [0.4, 0.5) is 5.69 Å². The van der Waals surface area contributed by atoms with Crippen molar-refractivity contribution in [1.82, 2.24) is 0 Å². The van der Waals surface area contributed by atoms with Crippen LogP contribution in [0.25, 0.3) is 0 Å². The average Bonchev–Trinajstić information content (AvgIpc) is 2.65. The average molecular weight is 389 g/mol. The number of aldehydes is 1. The Labute approximate surface area is 159 Å². The highest BCUT2D eigenvalue weighted by Crippen LogP contribution is 2.27. The van der Waals surface area contributed by atoms with E-state index < -0.39 is 10.0 Å². The Hall–Kier alpha value is -2.67. The van der Waals surface area contributed by atoms with E-state index in [0.29, 0.717) is 6.29 Å². The number of anilines is 1. The monoisotopic (exact) mass is 389 g/mol. The lowest BCUT2D eigenvalue weighted by Gasteiger charge is -2.25. The van der Waals surface area contributed by atoms with E-state index in [0.717, 1.165) is 5.56 Å². The smallest absolute Gasteiger partial charge is 0.305 e. The Morgan fingerprint density at radius 3 is 2.41 bits per heavy atom. The van der Waals surface area contributed by atoms with Gasteiger partial charge in [-0.25, -0.2) is 8.42 Å². The van der Waals surface area contributed by atoms with Crippen molar-refractivity contribution < 1.29 is 22.7 Å². The standard InChI is InChI=1S/C20H23NO5S/c1-3-26-20(23)9-6-14-21(19-8-5-4-7-17(19)15-22)27(24,25)18-12-10-16(2)11-13-18/h4-5,7-8,10-13,15H,3,6,9,14H2,1-2H3. The number of hydrogen-bond acceptors (Lipinski definition) is 5. The molecule has 2 aromatic carbocycles. The van der Waals surface area contributed by atoms with Crippen LogP contribution >= 0.6 is 0 Å². The van der Waals surface area contributed by atoms with E-state index in [-0.39, 0.29) is 48.1 Å². The number of hydrogen-bond donors (Lipinski definition) is 0. The zero-order valence-corrected chi connectivity index (χ0v) is 16.2. The van der Waals surface area contributed by atoms with E-state index in [1.807, 2.05) is 6.92 Å². The maximum absolute atomic E-state index is 13.2. The molecule has 7 heteroatoms. The van der Waals surface area contributed by atoms with E-state index in [1.165, 1.54) is 16.4 Å². The second-order valence-corrected chi connectivity index (χ2v) is 7.84. The number of aryl methyl sites for hydroxylation is 1. The first kappa shape index (κ1) is 20.6. The molecule has 144 valence electrons. The zero-order chi connectivity index (χ0) is 19.9. The number of carbonyl (C=O) groups excluding carboxylic acids is 2. The van der Waals surface area contributed by atoms with Crippen molar-refractivity contribution >= 4 is 28.0 Å². The first-order valence-corrected chi connectivity index (χ1v) is 10.1. The first-order valence-electron chi connectivity index (χ1n) is 8.69. The van der Waals surface area contributed by atoms with Crippen molar-refractivity contribution in [3.05, 3.63) is 59.7 Å². The van der Waals surface area contributed by atoms with E-state index in [4.69, 9.17) is 4.74 Å². The molecule has 0 amide bonds. The van der Waals surface area contributed by atoms with E-state index in [1.54, 1.807) is 43.3 Å². The van der Waals surface area contributed by atoms with E-state index in [2.05, 4.69) is 0 Å². The van der Waals surface area contributed by atoms with Crippen molar-refractivity contribution in [2.24, 2.45) is 0 Å². The van der Waals surface area contributed by atoms with Gasteiger partial charge in [-0.15, -0.1) is 0 Å². The summed E-state index contributed by atoms with van der Waals surface area (Å²) in [4.78, 5) is 23.1. The maximum Gasteiger partial charge on any atom is 0.305 e. The van der Waals surface area contributed by atoms with Gasteiger partial charge in [0.15, 0.2) is 6.29 Å². The zero-order valence-electron chi connectivity index (χ0n) is 15.4. The fraction of sp³-hybridized carbons (Fsp3) is 0.300. The van der Waals surface area contributed by atoms with Crippen molar-refractivity contribution in [3.8, 4) is 0 Å². The summed E-state index contributed by atoms with van der Waals surface area (Å²) < 4.78 is 32.5. The SMILES string of the molecule is CCOC(=O)CCCN(c1ccccc1C=O)S(=O)(=O)c1ccc(C)cc1. The molecule has 0 atom stereocenters. The molecule has 0 aliphatic rings. The lowest BCUT2D eigenvalue weighted by molar-refractivity contribution is -0.143.